The third kappa shape index (κ3) is 5.87. The molecule has 1 saturated heterocycles. The number of anilines is 1. The minimum atomic E-state index is -0.640. The van der Waals surface area contributed by atoms with Crippen molar-refractivity contribution in [3.8, 4) is 5.75 Å². The Kier molecular flexibility index (Phi) is 7.37. The largest absolute Gasteiger partial charge is 0.481 e. The number of para-hydroxylation sites is 1. The van der Waals surface area contributed by atoms with Crippen molar-refractivity contribution in [3.63, 3.8) is 0 Å². The van der Waals surface area contributed by atoms with Gasteiger partial charge in [0.25, 0.3) is 11.8 Å². The molecule has 2 amide bonds. The molecule has 0 aliphatic carbocycles. The molecule has 1 aliphatic rings. The van der Waals surface area contributed by atoms with E-state index in [9.17, 15) is 9.59 Å². The Labute approximate surface area is 185 Å². The molecule has 0 unspecified atom stereocenters. The number of ether oxygens (including phenoxy) is 1. The number of carbonyl (C=O) groups excluding carboxylic acids is 2. The first-order valence-corrected chi connectivity index (χ1v) is 11.3. The molecule has 31 heavy (non-hydrogen) atoms. The number of amides is 2. The van der Waals surface area contributed by atoms with E-state index in [-0.39, 0.29) is 17.2 Å². The number of carbonyl (C=O) groups is 2. The van der Waals surface area contributed by atoms with Gasteiger partial charge in [-0.15, -0.1) is 0 Å². The number of hydrogen-bond acceptors (Lipinski definition) is 3. The Balaban J connectivity index is 1.70. The van der Waals surface area contributed by atoms with Crippen LogP contribution in [0.2, 0.25) is 0 Å². The molecule has 2 aromatic rings. The molecule has 3 rings (SSSR count). The molecule has 1 atom stereocenters. The lowest BCUT2D eigenvalue weighted by atomic mass is 9.87. The first-order valence-electron chi connectivity index (χ1n) is 11.3. The van der Waals surface area contributed by atoms with Crippen LogP contribution in [-0.4, -0.2) is 35.9 Å². The normalized spacial score (nSPS) is 15.3. The van der Waals surface area contributed by atoms with Gasteiger partial charge < -0.3 is 15.0 Å². The van der Waals surface area contributed by atoms with Crippen LogP contribution in [0.3, 0.4) is 0 Å². The quantitative estimate of drug-likeness (QED) is 0.677. The molecule has 0 bridgehead atoms. The predicted molar refractivity (Wildman–Crippen MR) is 125 cm³/mol. The second kappa shape index (κ2) is 9.99. The Morgan fingerprint density at radius 2 is 1.65 bits per heavy atom. The molecule has 166 valence electrons. The van der Waals surface area contributed by atoms with Crippen LogP contribution in [0.25, 0.3) is 0 Å². The number of benzene rings is 2. The van der Waals surface area contributed by atoms with Crippen molar-refractivity contribution in [3.05, 3.63) is 59.7 Å². The minimum Gasteiger partial charge on any atom is -0.481 e. The summed E-state index contributed by atoms with van der Waals surface area (Å²) in [5.74, 6) is 0.385. The average Bonchev–Trinajstić information content (AvgIpc) is 2.77. The summed E-state index contributed by atoms with van der Waals surface area (Å²) in [6, 6.07) is 15.1. The first-order chi connectivity index (χ1) is 14.8. The van der Waals surface area contributed by atoms with E-state index in [1.165, 1.54) is 5.56 Å². The van der Waals surface area contributed by atoms with Crippen LogP contribution in [0.4, 0.5) is 5.69 Å². The highest BCUT2D eigenvalue weighted by molar-refractivity contribution is 6.04. The molecular formula is C26H34N2O3. The van der Waals surface area contributed by atoms with Gasteiger partial charge in [0, 0.05) is 13.1 Å². The molecule has 1 aliphatic heterocycles. The zero-order chi connectivity index (χ0) is 22.4. The van der Waals surface area contributed by atoms with E-state index in [0.29, 0.717) is 23.4 Å². The Morgan fingerprint density at radius 3 is 2.26 bits per heavy atom. The van der Waals surface area contributed by atoms with Crippen LogP contribution in [0.1, 0.15) is 69.3 Å². The van der Waals surface area contributed by atoms with Gasteiger partial charge in [-0.2, -0.15) is 0 Å². The van der Waals surface area contributed by atoms with Gasteiger partial charge >= 0.3 is 0 Å². The third-order valence-corrected chi connectivity index (χ3v) is 5.72. The number of nitrogens with one attached hydrogen (secondary N) is 1. The van der Waals surface area contributed by atoms with Crippen molar-refractivity contribution in [1.29, 1.82) is 0 Å². The van der Waals surface area contributed by atoms with E-state index in [2.05, 4.69) is 26.1 Å². The van der Waals surface area contributed by atoms with Gasteiger partial charge in [0.05, 0.1) is 11.3 Å². The van der Waals surface area contributed by atoms with Crippen LogP contribution in [-0.2, 0) is 10.2 Å². The number of piperidine rings is 1. The smallest absolute Gasteiger partial charge is 0.265 e. The van der Waals surface area contributed by atoms with Gasteiger partial charge in [-0.1, -0.05) is 52.0 Å². The Morgan fingerprint density at radius 1 is 1.00 bits per heavy atom. The topological polar surface area (TPSA) is 58.6 Å². The van der Waals surface area contributed by atoms with Crippen molar-refractivity contribution in [2.24, 2.45) is 0 Å². The van der Waals surface area contributed by atoms with Crippen molar-refractivity contribution in [2.45, 2.75) is 64.9 Å². The van der Waals surface area contributed by atoms with E-state index in [4.69, 9.17) is 4.74 Å². The number of nitrogens with zero attached hydrogens (tertiary/aromatic N) is 1. The number of hydrogen-bond donors (Lipinski definition) is 1. The fraction of sp³-hybridized carbons (Fsp3) is 0.462. The van der Waals surface area contributed by atoms with Gasteiger partial charge in [-0.25, -0.2) is 0 Å². The molecule has 5 nitrogen and oxygen atoms in total. The highest BCUT2D eigenvalue weighted by Crippen LogP contribution is 2.25. The lowest BCUT2D eigenvalue weighted by Crippen LogP contribution is -2.37. The molecule has 1 N–H and O–H groups in total. The van der Waals surface area contributed by atoms with Crippen molar-refractivity contribution in [1.82, 2.24) is 4.90 Å². The van der Waals surface area contributed by atoms with Crippen molar-refractivity contribution in [2.75, 3.05) is 18.4 Å². The summed E-state index contributed by atoms with van der Waals surface area (Å²) in [6.07, 6.45) is 3.10. The van der Waals surface area contributed by atoms with Gasteiger partial charge in [0.1, 0.15) is 5.75 Å². The van der Waals surface area contributed by atoms with Gasteiger partial charge in [0.2, 0.25) is 0 Å². The second-order valence-electron chi connectivity index (χ2n) is 9.18. The summed E-state index contributed by atoms with van der Waals surface area (Å²) < 4.78 is 5.97. The van der Waals surface area contributed by atoms with Crippen LogP contribution in [0.5, 0.6) is 5.75 Å². The number of rotatable bonds is 6. The van der Waals surface area contributed by atoms with E-state index < -0.39 is 6.10 Å². The zero-order valence-electron chi connectivity index (χ0n) is 19.1. The maximum absolute atomic E-state index is 13.0. The molecule has 2 aromatic carbocycles. The highest BCUT2D eigenvalue weighted by atomic mass is 16.5. The summed E-state index contributed by atoms with van der Waals surface area (Å²) in [6.45, 7) is 9.94. The summed E-state index contributed by atoms with van der Waals surface area (Å²) in [5, 5.41) is 2.93. The molecule has 0 radical (unpaired) electrons. The predicted octanol–water partition coefficient (Wildman–Crippen LogP) is 5.41. The molecule has 0 spiro atoms. The summed E-state index contributed by atoms with van der Waals surface area (Å²) in [4.78, 5) is 27.8. The van der Waals surface area contributed by atoms with Gasteiger partial charge in [0.15, 0.2) is 6.10 Å². The highest BCUT2D eigenvalue weighted by Gasteiger charge is 2.24. The lowest BCUT2D eigenvalue weighted by Gasteiger charge is -2.27. The maximum atomic E-state index is 13.0. The van der Waals surface area contributed by atoms with Crippen LogP contribution >= 0.6 is 0 Å². The SMILES string of the molecule is CC[C@@H](Oc1ccc(C(C)(C)C)cc1)C(=O)Nc1ccccc1C(=O)N1CCCCC1. The lowest BCUT2D eigenvalue weighted by molar-refractivity contribution is -0.122. The zero-order valence-corrected chi connectivity index (χ0v) is 19.1. The van der Waals surface area contributed by atoms with E-state index in [1.54, 1.807) is 12.1 Å². The van der Waals surface area contributed by atoms with Gasteiger partial charge in [-0.3, -0.25) is 9.59 Å². The summed E-state index contributed by atoms with van der Waals surface area (Å²) in [5.41, 5.74) is 2.34. The van der Waals surface area contributed by atoms with Crippen LogP contribution in [0, 0.1) is 0 Å². The fourth-order valence-corrected chi connectivity index (χ4v) is 3.78. The molecule has 1 heterocycles. The average molecular weight is 423 g/mol. The molecule has 5 heteroatoms. The Hall–Kier alpha value is -2.82. The fourth-order valence-electron chi connectivity index (χ4n) is 3.78. The minimum absolute atomic E-state index is 0.0256. The van der Waals surface area contributed by atoms with Gasteiger partial charge in [-0.05, 0) is 60.9 Å². The van der Waals surface area contributed by atoms with Crippen molar-refractivity contribution >= 4 is 17.5 Å². The molecule has 0 aromatic heterocycles. The Bertz CT molecular complexity index is 894. The number of likely N-dealkylation sites (tertiary alicyclic amines) is 1. The first kappa shape index (κ1) is 22.9. The van der Waals surface area contributed by atoms with E-state index in [0.717, 1.165) is 32.4 Å². The van der Waals surface area contributed by atoms with Crippen LogP contribution in [0.15, 0.2) is 48.5 Å². The molecular weight excluding hydrogens is 388 g/mol. The van der Waals surface area contributed by atoms with Crippen LogP contribution < -0.4 is 10.1 Å². The second-order valence-corrected chi connectivity index (χ2v) is 9.18. The van der Waals surface area contributed by atoms with E-state index in [1.807, 2.05) is 48.2 Å². The molecule has 1 fully saturated rings. The third-order valence-electron chi connectivity index (χ3n) is 5.72. The summed E-state index contributed by atoms with van der Waals surface area (Å²) in [7, 11) is 0. The monoisotopic (exact) mass is 422 g/mol. The maximum Gasteiger partial charge on any atom is 0.265 e. The molecule has 0 saturated carbocycles. The standard InChI is InChI=1S/C26H34N2O3/c1-5-23(31-20-15-13-19(14-16-20)26(2,3)4)24(29)27-22-12-8-7-11-21(22)25(30)28-17-9-6-10-18-28/h7-8,11-16,23H,5-6,9-10,17-18H2,1-4H3,(H,27,29)/t23-/m1/s1. The van der Waals surface area contributed by atoms with Crippen molar-refractivity contribution < 1.29 is 14.3 Å². The van der Waals surface area contributed by atoms with E-state index >= 15 is 0 Å². The summed E-state index contributed by atoms with van der Waals surface area (Å²) >= 11 is 0.